The molecular weight excluding hydrogens is 282 g/mol. The summed E-state index contributed by atoms with van der Waals surface area (Å²) in [6.07, 6.45) is 0. The van der Waals surface area contributed by atoms with Gasteiger partial charge in [0.2, 0.25) is 5.43 Å². The summed E-state index contributed by atoms with van der Waals surface area (Å²) >= 11 is 0. The van der Waals surface area contributed by atoms with E-state index in [1.165, 1.54) is 0 Å². The molecule has 2 heterocycles. The van der Waals surface area contributed by atoms with Crippen LogP contribution in [0.25, 0.3) is 28.0 Å². The third kappa shape index (κ3) is 1.87. The normalized spacial score (nSPS) is 10.9. The van der Waals surface area contributed by atoms with Gasteiger partial charge in [-0.3, -0.25) is 4.79 Å². The largest absolute Gasteiger partial charge is 0.453 e. The van der Waals surface area contributed by atoms with E-state index in [0.717, 1.165) is 10.4 Å². The van der Waals surface area contributed by atoms with E-state index in [1.807, 2.05) is 36.4 Å². The summed E-state index contributed by atoms with van der Waals surface area (Å²) in [5.41, 5.74) is 1.20. The quantitative estimate of drug-likeness (QED) is 0.560. The van der Waals surface area contributed by atoms with Crippen LogP contribution in [0.5, 0.6) is 0 Å². The van der Waals surface area contributed by atoms with Gasteiger partial charge in [0.05, 0.1) is 5.39 Å². The van der Waals surface area contributed by atoms with Crippen LogP contribution in [-0.4, -0.2) is 25.7 Å². The van der Waals surface area contributed by atoms with Crippen LogP contribution < -0.4 is 5.43 Å². The van der Waals surface area contributed by atoms with Gasteiger partial charge < -0.3 is 4.42 Å². The molecule has 0 aliphatic rings. The van der Waals surface area contributed by atoms with Crippen molar-refractivity contribution in [1.82, 2.24) is 25.7 Å². The zero-order valence-corrected chi connectivity index (χ0v) is 11.2. The molecule has 22 heavy (non-hydrogen) atoms. The van der Waals surface area contributed by atoms with Crippen LogP contribution >= 0.6 is 0 Å². The monoisotopic (exact) mass is 291 g/mol. The minimum atomic E-state index is -0.236. The Morgan fingerprint density at radius 1 is 0.864 bits per heavy atom. The van der Waals surface area contributed by atoms with Crippen molar-refractivity contribution in [3.05, 3.63) is 64.8 Å². The molecule has 106 valence electrons. The van der Waals surface area contributed by atoms with Crippen molar-refractivity contribution in [1.29, 1.82) is 0 Å². The summed E-state index contributed by atoms with van der Waals surface area (Å²) in [5.74, 6) is 0.379. The molecule has 4 aromatic rings. The van der Waals surface area contributed by atoms with Crippen LogP contribution in [0.1, 0.15) is 0 Å². The van der Waals surface area contributed by atoms with E-state index in [0.29, 0.717) is 16.7 Å². The van der Waals surface area contributed by atoms with Gasteiger partial charge in [0, 0.05) is 5.56 Å². The van der Waals surface area contributed by atoms with Crippen molar-refractivity contribution in [2.75, 3.05) is 0 Å². The van der Waals surface area contributed by atoms with Crippen LogP contribution in [0.4, 0.5) is 0 Å². The predicted octanol–water partition coefficient (Wildman–Crippen LogP) is 1.83. The number of rotatable bonds is 2. The Kier molecular flexibility index (Phi) is 2.75. The van der Waals surface area contributed by atoms with E-state index in [4.69, 9.17) is 4.42 Å². The number of hydrogen-bond acceptors (Lipinski definition) is 6. The van der Waals surface area contributed by atoms with Gasteiger partial charge in [-0.1, -0.05) is 42.5 Å². The van der Waals surface area contributed by atoms with Crippen molar-refractivity contribution in [3.63, 3.8) is 0 Å². The summed E-state index contributed by atoms with van der Waals surface area (Å²) < 4.78 is 5.93. The molecule has 0 radical (unpaired) electrons. The molecule has 0 saturated heterocycles. The van der Waals surface area contributed by atoms with Gasteiger partial charge in [-0.05, 0) is 33.0 Å². The lowest BCUT2D eigenvalue weighted by Gasteiger charge is -2.08. The lowest BCUT2D eigenvalue weighted by molar-refractivity contribution is 0.597. The first kappa shape index (κ1) is 12.4. The van der Waals surface area contributed by atoms with Gasteiger partial charge in [0.25, 0.3) is 0 Å². The van der Waals surface area contributed by atoms with E-state index < -0.39 is 0 Å². The SMILES string of the molecule is O=c1c(-n2nnnn2)c(-c2ccccc2)oc2ccccc12. The van der Waals surface area contributed by atoms with Gasteiger partial charge in [-0.25, -0.2) is 0 Å². The smallest absolute Gasteiger partial charge is 0.221 e. The van der Waals surface area contributed by atoms with E-state index >= 15 is 0 Å². The van der Waals surface area contributed by atoms with Gasteiger partial charge in [-0.2, -0.15) is 0 Å². The van der Waals surface area contributed by atoms with Gasteiger partial charge >= 0.3 is 0 Å². The maximum atomic E-state index is 12.8. The molecule has 4 rings (SSSR count). The zero-order chi connectivity index (χ0) is 14.9. The number of para-hydroxylation sites is 1. The highest BCUT2D eigenvalue weighted by molar-refractivity contribution is 5.82. The Bertz CT molecular complexity index is 994. The molecule has 0 aliphatic carbocycles. The maximum Gasteiger partial charge on any atom is 0.221 e. The topological polar surface area (TPSA) is 86.7 Å². The fourth-order valence-corrected chi connectivity index (χ4v) is 2.32. The highest BCUT2D eigenvalue weighted by Crippen LogP contribution is 2.27. The average molecular weight is 291 g/mol. The van der Waals surface area contributed by atoms with Crippen molar-refractivity contribution in [2.24, 2.45) is 0 Å². The van der Waals surface area contributed by atoms with Crippen LogP contribution in [0.15, 0.2) is 63.8 Å². The molecule has 0 spiro atoms. The second-order valence-electron chi connectivity index (χ2n) is 4.62. The number of hydrogen-bond donors (Lipinski definition) is 0. The first-order chi connectivity index (χ1) is 10.8. The number of nitrogens with zero attached hydrogens (tertiary/aromatic N) is 5. The van der Waals surface area contributed by atoms with Crippen molar-refractivity contribution in [3.8, 4) is 17.0 Å². The summed E-state index contributed by atoms with van der Waals surface area (Å²) in [7, 11) is 0. The standard InChI is InChI=1S/C15H9N5O2/c21-14-11-8-4-5-9-12(11)22-15(10-6-2-1-3-7-10)13(14)20-18-16-17-19-20/h1-9H. The molecule has 0 unspecified atom stereocenters. The van der Waals surface area contributed by atoms with Crippen LogP contribution in [0.2, 0.25) is 0 Å². The van der Waals surface area contributed by atoms with Crippen molar-refractivity contribution >= 4 is 11.0 Å². The number of fused-ring (bicyclic) bond motifs is 1. The first-order valence-corrected chi connectivity index (χ1v) is 6.57. The van der Waals surface area contributed by atoms with Crippen LogP contribution in [0.3, 0.4) is 0 Å². The molecule has 0 amide bonds. The van der Waals surface area contributed by atoms with E-state index in [9.17, 15) is 4.79 Å². The highest BCUT2D eigenvalue weighted by atomic mass is 16.3. The molecular formula is C15H9N5O2. The zero-order valence-electron chi connectivity index (χ0n) is 11.2. The maximum absolute atomic E-state index is 12.8. The van der Waals surface area contributed by atoms with Crippen molar-refractivity contribution < 1.29 is 4.42 Å². The molecule has 0 fully saturated rings. The lowest BCUT2D eigenvalue weighted by Crippen LogP contribution is -2.16. The molecule has 0 N–H and O–H groups in total. The summed E-state index contributed by atoms with van der Waals surface area (Å²) in [4.78, 5) is 13.9. The number of aromatic nitrogens is 5. The molecule has 0 aliphatic heterocycles. The Morgan fingerprint density at radius 2 is 1.55 bits per heavy atom. The Labute approximate surface area is 123 Å². The minimum Gasteiger partial charge on any atom is -0.453 e. The second-order valence-corrected chi connectivity index (χ2v) is 4.62. The molecule has 0 atom stereocenters. The summed E-state index contributed by atoms with van der Waals surface area (Å²) in [5, 5.41) is 14.8. The van der Waals surface area contributed by atoms with E-state index in [2.05, 4.69) is 20.9 Å². The third-order valence-electron chi connectivity index (χ3n) is 3.30. The van der Waals surface area contributed by atoms with Gasteiger partial charge in [0.15, 0.2) is 11.4 Å². The second kappa shape index (κ2) is 4.88. The summed E-state index contributed by atoms with van der Waals surface area (Å²) in [6, 6.07) is 16.3. The fraction of sp³-hybridized carbons (Fsp3) is 0. The van der Waals surface area contributed by atoms with Crippen LogP contribution in [0, 0.1) is 0 Å². The Hall–Kier alpha value is -3.35. The molecule has 7 heteroatoms. The number of benzene rings is 2. The Morgan fingerprint density at radius 3 is 2.32 bits per heavy atom. The van der Waals surface area contributed by atoms with Crippen molar-refractivity contribution in [2.45, 2.75) is 0 Å². The lowest BCUT2D eigenvalue weighted by atomic mass is 10.1. The fourth-order valence-electron chi connectivity index (χ4n) is 2.32. The molecule has 0 saturated carbocycles. The molecule has 0 bridgehead atoms. The summed E-state index contributed by atoms with van der Waals surface area (Å²) in [6.45, 7) is 0. The average Bonchev–Trinajstić information content (AvgIpc) is 3.10. The molecule has 2 aromatic heterocycles. The molecule has 2 aromatic carbocycles. The van der Waals surface area contributed by atoms with Crippen LogP contribution in [-0.2, 0) is 0 Å². The van der Waals surface area contributed by atoms with Gasteiger partial charge in [0.1, 0.15) is 5.58 Å². The molecule has 7 nitrogen and oxygen atoms in total. The van der Waals surface area contributed by atoms with E-state index in [1.54, 1.807) is 18.2 Å². The highest BCUT2D eigenvalue weighted by Gasteiger charge is 2.19. The third-order valence-corrected chi connectivity index (χ3v) is 3.30. The van der Waals surface area contributed by atoms with Gasteiger partial charge in [-0.15, -0.1) is 4.80 Å². The predicted molar refractivity (Wildman–Crippen MR) is 78.4 cm³/mol. The first-order valence-electron chi connectivity index (χ1n) is 6.57. The Balaban J connectivity index is 2.14. The minimum absolute atomic E-state index is 0.190. The van der Waals surface area contributed by atoms with E-state index in [-0.39, 0.29) is 11.1 Å².